The zero-order chi connectivity index (χ0) is 15.5. The van der Waals surface area contributed by atoms with Crippen molar-refractivity contribution >= 4 is 27.5 Å². The van der Waals surface area contributed by atoms with Crippen LogP contribution in [-0.2, 0) is 11.0 Å². The number of hydrogen-bond acceptors (Lipinski definition) is 2. The summed E-state index contributed by atoms with van der Waals surface area (Å²) in [4.78, 5) is 11.7. The van der Waals surface area contributed by atoms with E-state index >= 15 is 0 Å². The number of anilines is 1. The number of benzene rings is 1. The molecule has 20 heavy (non-hydrogen) atoms. The monoisotopic (exact) mass is 352 g/mol. The van der Waals surface area contributed by atoms with Crippen LogP contribution >= 0.6 is 15.9 Å². The second-order valence-corrected chi connectivity index (χ2v) is 5.80. The first-order valence-corrected chi connectivity index (χ1v) is 6.82. The highest BCUT2D eigenvalue weighted by molar-refractivity contribution is 9.10. The van der Waals surface area contributed by atoms with Crippen LogP contribution < -0.4 is 11.1 Å². The second-order valence-electron chi connectivity index (χ2n) is 4.89. The van der Waals surface area contributed by atoms with E-state index in [9.17, 15) is 18.0 Å². The highest BCUT2D eigenvalue weighted by atomic mass is 79.9. The summed E-state index contributed by atoms with van der Waals surface area (Å²) in [6, 6.07) is 2.93. The molecule has 0 aliphatic rings. The van der Waals surface area contributed by atoms with Gasteiger partial charge in [-0.25, -0.2) is 0 Å². The molecule has 0 aliphatic heterocycles. The molecule has 1 rings (SSSR count). The Morgan fingerprint density at radius 1 is 1.35 bits per heavy atom. The lowest BCUT2D eigenvalue weighted by atomic mass is 10.0. The van der Waals surface area contributed by atoms with Crippen molar-refractivity contribution in [3.63, 3.8) is 0 Å². The molecular formula is C13H16BrF3N2O. The Kier molecular flexibility index (Phi) is 5.59. The lowest BCUT2D eigenvalue weighted by molar-refractivity contribution is -0.137. The molecule has 1 amide bonds. The predicted octanol–water partition coefficient (Wildman–Crippen LogP) is 3.78. The van der Waals surface area contributed by atoms with Gasteiger partial charge in [0.15, 0.2) is 0 Å². The van der Waals surface area contributed by atoms with E-state index in [2.05, 4.69) is 21.2 Å². The lowest BCUT2D eigenvalue weighted by Gasteiger charge is -2.16. The van der Waals surface area contributed by atoms with Crippen LogP contribution in [0.3, 0.4) is 0 Å². The number of nitrogens with two attached hydrogens (primary N) is 1. The van der Waals surface area contributed by atoms with Crippen molar-refractivity contribution in [2.75, 3.05) is 5.32 Å². The molecule has 0 saturated heterocycles. The Morgan fingerprint density at radius 2 is 1.95 bits per heavy atom. The fraction of sp³-hybridized carbons (Fsp3) is 0.462. The van der Waals surface area contributed by atoms with Gasteiger partial charge in [-0.3, -0.25) is 4.79 Å². The van der Waals surface area contributed by atoms with Crippen molar-refractivity contribution in [3.05, 3.63) is 28.2 Å². The predicted molar refractivity (Wildman–Crippen MR) is 75.2 cm³/mol. The number of amides is 1. The van der Waals surface area contributed by atoms with Gasteiger partial charge in [-0.05, 0) is 24.1 Å². The van der Waals surface area contributed by atoms with Gasteiger partial charge in [-0.1, -0.05) is 29.8 Å². The Bertz CT molecular complexity index is 489. The van der Waals surface area contributed by atoms with Gasteiger partial charge in [-0.2, -0.15) is 13.2 Å². The number of halogens is 4. The number of rotatable bonds is 4. The summed E-state index contributed by atoms with van der Waals surface area (Å²) in [5.74, 6) is -0.286. The van der Waals surface area contributed by atoms with Gasteiger partial charge < -0.3 is 11.1 Å². The van der Waals surface area contributed by atoms with Crippen molar-refractivity contribution in [2.45, 2.75) is 32.5 Å². The standard InChI is InChI=1S/C13H16BrF3N2O/c1-7(2)11(18)6-12(20)19-10-4-8(13(15,16)17)3-9(14)5-10/h3-5,7,11H,6,18H2,1-2H3,(H,19,20). The first-order valence-electron chi connectivity index (χ1n) is 6.03. The molecule has 3 N–H and O–H groups in total. The molecule has 0 aliphatic carbocycles. The molecule has 7 heteroatoms. The van der Waals surface area contributed by atoms with Crippen molar-refractivity contribution in [2.24, 2.45) is 11.7 Å². The lowest BCUT2D eigenvalue weighted by Crippen LogP contribution is -2.31. The molecule has 1 aromatic rings. The maximum atomic E-state index is 12.6. The van der Waals surface area contributed by atoms with Crippen LogP contribution in [0.15, 0.2) is 22.7 Å². The van der Waals surface area contributed by atoms with E-state index in [-0.39, 0.29) is 28.5 Å². The third-order valence-corrected chi connectivity index (χ3v) is 3.24. The Morgan fingerprint density at radius 3 is 2.45 bits per heavy atom. The minimum Gasteiger partial charge on any atom is -0.327 e. The zero-order valence-corrected chi connectivity index (χ0v) is 12.7. The third-order valence-electron chi connectivity index (χ3n) is 2.79. The van der Waals surface area contributed by atoms with Gasteiger partial charge >= 0.3 is 6.18 Å². The minimum absolute atomic E-state index is 0.0610. The van der Waals surface area contributed by atoms with Crippen molar-refractivity contribution in [1.29, 1.82) is 0 Å². The molecule has 1 aromatic carbocycles. The summed E-state index contributed by atoms with van der Waals surface area (Å²) in [5.41, 5.74) is 5.02. The average Bonchev–Trinajstić information content (AvgIpc) is 2.26. The van der Waals surface area contributed by atoms with Crippen molar-refractivity contribution < 1.29 is 18.0 Å². The Labute approximate surface area is 123 Å². The first-order chi connectivity index (χ1) is 9.09. The fourth-order valence-electron chi connectivity index (χ4n) is 1.49. The van der Waals surface area contributed by atoms with E-state index in [0.717, 1.165) is 12.1 Å². The van der Waals surface area contributed by atoms with Gasteiger partial charge in [0, 0.05) is 22.6 Å². The van der Waals surface area contributed by atoms with E-state index in [1.165, 1.54) is 6.07 Å². The van der Waals surface area contributed by atoms with Gasteiger partial charge in [0.1, 0.15) is 0 Å². The highest BCUT2D eigenvalue weighted by Gasteiger charge is 2.31. The number of nitrogens with one attached hydrogen (secondary N) is 1. The SMILES string of the molecule is CC(C)C(N)CC(=O)Nc1cc(Br)cc(C(F)(F)F)c1. The third kappa shape index (κ3) is 5.13. The Balaban J connectivity index is 2.83. The molecular weight excluding hydrogens is 337 g/mol. The molecule has 3 nitrogen and oxygen atoms in total. The number of carbonyl (C=O) groups is 1. The van der Waals surface area contributed by atoms with Crippen molar-refractivity contribution in [3.8, 4) is 0 Å². The topological polar surface area (TPSA) is 55.1 Å². The summed E-state index contributed by atoms with van der Waals surface area (Å²) in [5, 5.41) is 2.43. The smallest absolute Gasteiger partial charge is 0.327 e. The van der Waals surface area contributed by atoms with Gasteiger partial charge in [0.25, 0.3) is 0 Å². The maximum absolute atomic E-state index is 12.6. The van der Waals surface area contributed by atoms with E-state index in [0.29, 0.717) is 0 Å². The Hall–Kier alpha value is -1.08. The molecule has 0 fully saturated rings. The maximum Gasteiger partial charge on any atom is 0.416 e. The summed E-state index contributed by atoms with van der Waals surface area (Å²) in [7, 11) is 0. The molecule has 1 atom stereocenters. The quantitative estimate of drug-likeness (QED) is 0.866. The number of hydrogen-bond donors (Lipinski definition) is 2. The molecule has 0 saturated carbocycles. The summed E-state index contributed by atoms with van der Waals surface area (Å²) >= 11 is 2.99. The van der Waals surface area contributed by atoms with E-state index in [1.54, 1.807) is 0 Å². The normalized spacial score (nSPS) is 13.4. The van der Waals surface area contributed by atoms with E-state index in [1.807, 2.05) is 13.8 Å². The summed E-state index contributed by atoms with van der Waals surface area (Å²) < 4.78 is 38.2. The van der Waals surface area contributed by atoms with Crippen LogP contribution in [0.25, 0.3) is 0 Å². The van der Waals surface area contributed by atoms with Crippen LogP contribution in [0.5, 0.6) is 0 Å². The van der Waals surface area contributed by atoms with Gasteiger partial charge in [0.2, 0.25) is 5.91 Å². The molecule has 0 radical (unpaired) electrons. The molecule has 0 bridgehead atoms. The average molecular weight is 353 g/mol. The van der Waals surface area contributed by atoms with Gasteiger partial charge in [-0.15, -0.1) is 0 Å². The number of alkyl halides is 3. The van der Waals surface area contributed by atoms with Crippen LogP contribution in [0.2, 0.25) is 0 Å². The van der Waals surface area contributed by atoms with Crippen LogP contribution in [0.1, 0.15) is 25.8 Å². The first kappa shape index (κ1) is 17.0. The zero-order valence-electron chi connectivity index (χ0n) is 11.1. The minimum atomic E-state index is -4.46. The molecule has 0 aromatic heterocycles. The highest BCUT2D eigenvalue weighted by Crippen LogP contribution is 2.33. The molecule has 0 heterocycles. The second kappa shape index (κ2) is 6.58. The largest absolute Gasteiger partial charge is 0.416 e. The number of carbonyl (C=O) groups excluding carboxylic acids is 1. The van der Waals surface area contributed by atoms with E-state index in [4.69, 9.17) is 5.73 Å². The molecule has 1 unspecified atom stereocenters. The van der Waals surface area contributed by atoms with Gasteiger partial charge in [0.05, 0.1) is 5.56 Å². The van der Waals surface area contributed by atoms with Crippen LogP contribution in [0, 0.1) is 5.92 Å². The summed E-state index contributed by atoms with van der Waals surface area (Å²) in [6.45, 7) is 3.75. The molecule has 112 valence electrons. The van der Waals surface area contributed by atoms with Crippen LogP contribution in [0.4, 0.5) is 18.9 Å². The van der Waals surface area contributed by atoms with Crippen LogP contribution in [-0.4, -0.2) is 11.9 Å². The fourth-order valence-corrected chi connectivity index (χ4v) is 1.98. The van der Waals surface area contributed by atoms with E-state index < -0.39 is 17.6 Å². The summed E-state index contributed by atoms with van der Waals surface area (Å²) in [6.07, 6.45) is -4.40. The molecule has 0 spiro atoms. The van der Waals surface area contributed by atoms with Crippen molar-refractivity contribution in [1.82, 2.24) is 0 Å².